The SMILES string of the molecule is CCCS(=O)(=O)Nc1ccc(NC(=O)CCN2CCSC2=O)cc1. The van der Waals surface area contributed by atoms with Crippen molar-refractivity contribution in [1.82, 2.24) is 4.90 Å². The number of nitrogens with one attached hydrogen (secondary N) is 2. The van der Waals surface area contributed by atoms with Gasteiger partial charge in [-0.15, -0.1) is 0 Å². The molecule has 0 bridgehead atoms. The van der Waals surface area contributed by atoms with Gasteiger partial charge in [0, 0.05) is 36.6 Å². The molecule has 1 aromatic rings. The van der Waals surface area contributed by atoms with Gasteiger partial charge < -0.3 is 10.2 Å². The predicted molar refractivity (Wildman–Crippen MR) is 96.8 cm³/mol. The number of thioether (sulfide) groups is 1. The molecule has 0 radical (unpaired) electrons. The molecule has 1 saturated heterocycles. The van der Waals surface area contributed by atoms with Crippen molar-refractivity contribution >= 4 is 44.3 Å². The van der Waals surface area contributed by atoms with E-state index in [-0.39, 0.29) is 23.3 Å². The lowest BCUT2D eigenvalue weighted by molar-refractivity contribution is -0.116. The summed E-state index contributed by atoms with van der Waals surface area (Å²) in [6.45, 7) is 2.89. The van der Waals surface area contributed by atoms with Gasteiger partial charge in [-0.3, -0.25) is 14.3 Å². The van der Waals surface area contributed by atoms with E-state index in [1.54, 1.807) is 36.1 Å². The van der Waals surface area contributed by atoms with Crippen molar-refractivity contribution < 1.29 is 18.0 Å². The van der Waals surface area contributed by atoms with Gasteiger partial charge in [0.15, 0.2) is 0 Å². The lowest BCUT2D eigenvalue weighted by Crippen LogP contribution is -2.27. The van der Waals surface area contributed by atoms with Crippen LogP contribution >= 0.6 is 11.8 Å². The van der Waals surface area contributed by atoms with E-state index in [1.165, 1.54) is 11.8 Å². The van der Waals surface area contributed by atoms with E-state index in [0.29, 0.717) is 30.9 Å². The van der Waals surface area contributed by atoms with Gasteiger partial charge in [0.05, 0.1) is 5.75 Å². The van der Waals surface area contributed by atoms with Crippen LogP contribution in [-0.4, -0.2) is 49.1 Å². The molecule has 132 valence electrons. The molecule has 24 heavy (non-hydrogen) atoms. The number of hydrogen-bond donors (Lipinski definition) is 2. The first kappa shape index (κ1) is 18.6. The Balaban J connectivity index is 1.82. The molecule has 2 rings (SSSR count). The Morgan fingerprint density at radius 2 is 1.92 bits per heavy atom. The molecule has 0 saturated carbocycles. The summed E-state index contributed by atoms with van der Waals surface area (Å²) in [6, 6.07) is 6.48. The monoisotopic (exact) mass is 371 g/mol. The highest BCUT2D eigenvalue weighted by molar-refractivity contribution is 8.13. The second-order valence-electron chi connectivity index (χ2n) is 5.40. The van der Waals surface area contributed by atoms with Gasteiger partial charge in [0.2, 0.25) is 15.9 Å². The van der Waals surface area contributed by atoms with Crippen molar-refractivity contribution in [1.29, 1.82) is 0 Å². The third kappa shape index (κ3) is 5.72. The van der Waals surface area contributed by atoms with E-state index in [9.17, 15) is 18.0 Å². The fourth-order valence-electron chi connectivity index (χ4n) is 2.21. The van der Waals surface area contributed by atoms with Crippen molar-refractivity contribution in [3.63, 3.8) is 0 Å². The Morgan fingerprint density at radius 1 is 1.25 bits per heavy atom. The minimum atomic E-state index is -3.32. The number of anilines is 2. The maximum atomic E-state index is 11.9. The van der Waals surface area contributed by atoms with Gasteiger partial charge in [-0.1, -0.05) is 18.7 Å². The first-order valence-electron chi connectivity index (χ1n) is 7.72. The number of carbonyl (C=O) groups excluding carboxylic acids is 2. The van der Waals surface area contributed by atoms with Gasteiger partial charge in [-0.2, -0.15) is 0 Å². The fraction of sp³-hybridized carbons (Fsp3) is 0.467. The summed E-state index contributed by atoms with van der Waals surface area (Å²) in [5, 5.41) is 2.75. The van der Waals surface area contributed by atoms with Crippen LogP contribution < -0.4 is 10.0 Å². The minimum absolute atomic E-state index is 0.0199. The summed E-state index contributed by atoms with van der Waals surface area (Å²) in [6.07, 6.45) is 0.776. The van der Waals surface area contributed by atoms with E-state index in [2.05, 4.69) is 10.0 Å². The molecular formula is C15H21N3O4S2. The lowest BCUT2D eigenvalue weighted by Gasteiger charge is -2.14. The topological polar surface area (TPSA) is 95.6 Å². The molecule has 2 amide bonds. The van der Waals surface area contributed by atoms with Gasteiger partial charge >= 0.3 is 0 Å². The first-order valence-corrected chi connectivity index (χ1v) is 10.4. The van der Waals surface area contributed by atoms with Gasteiger partial charge in [0.1, 0.15) is 0 Å². The molecule has 9 heteroatoms. The van der Waals surface area contributed by atoms with Crippen LogP contribution in [0.5, 0.6) is 0 Å². The number of rotatable bonds is 8. The highest BCUT2D eigenvalue weighted by Gasteiger charge is 2.21. The number of benzene rings is 1. The minimum Gasteiger partial charge on any atom is -0.332 e. The zero-order valence-corrected chi connectivity index (χ0v) is 15.1. The molecule has 1 fully saturated rings. The summed E-state index contributed by atoms with van der Waals surface area (Å²) >= 11 is 1.27. The fourth-order valence-corrected chi connectivity index (χ4v) is 4.20. The average Bonchev–Trinajstić information content (AvgIpc) is 2.92. The number of hydrogen-bond acceptors (Lipinski definition) is 5. The molecule has 2 N–H and O–H groups in total. The third-order valence-corrected chi connectivity index (χ3v) is 5.75. The molecule has 0 unspecified atom stereocenters. The summed E-state index contributed by atoms with van der Waals surface area (Å²) < 4.78 is 25.9. The normalized spacial score (nSPS) is 14.7. The third-order valence-electron chi connectivity index (χ3n) is 3.37. The molecule has 1 aliphatic rings. The van der Waals surface area contributed by atoms with Crippen molar-refractivity contribution in [2.75, 3.05) is 34.6 Å². The Morgan fingerprint density at radius 3 is 2.50 bits per heavy atom. The van der Waals surface area contributed by atoms with Crippen LogP contribution in [0.2, 0.25) is 0 Å². The maximum absolute atomic E-state index is 11.9. The zero-order valence-electron chi connectivity index (χ0n) is 13.4. The van der Waals surface area contributed by atoms with E-state index in [1.807, 2.05) is 0 Å². The molecule has 1 heterocycles. The smallest absolute Gasteiger partial charge is 0.281 e. The van der Waals surface area contributed by atoms with Gasteiger partial charge in [0.25, 0.3) is 5.24 Å². The first-order chi connectivity index (χ1) is 11.4. The summed E-state index contributed by atoms with van der Waals surface area (Å²) in [5.74, 6) is 0.661. The highest BCUT2D eigenvalue weighted by atomic mass is 32.2. The largest absolute Gasteiger partial charge is 0.332 e. The molecule has 1 aromatic carbocycles. The van der Waals surface area contributed by atoms with E-state index in [4.69, 9.17) is 0 Å². The van der Waals surface area contributed by atoms with Crippen molar-refractivity contribution in [2.45, 2.75) is 19.8 Å². The van der Waals surface area contributed by atoms with Crippen LogP contribution in [0, 0.1) is 0 Å². The summed E-state index contributed by atoms with van der Waals surface area (Å²) in [4.78, 5) is 25.0. The summed E-state index contributed by atoms with van der Waals surface area (Å²) in [5.41, 5.74) is 1.04. The standard InChI is InChI=1S/C15H21N3O4S2/c1-2-11-24(21,22)17-13-5-3-12(4-6-13)16-14(19)7-8-18-9-10-23-15(18)20/h3-6,17H,2,7-11H2,1H3,(H,16,19). The maximum Gasteiger partial charge on any atom is 0.281 e. The Kier molecular flexibility index (Phi) is 6.50. The van der Waals surface area contributed by atoms with Crippen molar-refractivity contribution in [3.05, 3.63) is 24.3 Å². The Labute approximate surface area is 146 Å². The van der Waals surface area contributed by atoms with Crippen LogP contribution in [0.4, 0.5) is 16.2 Å². The average molecular weight is 371 g/mol. The molecule has 0 aromatic heterocycles. The number of sulfonamides is 1. The van der Waals surface area contributed by atoms with Gasteiger partial charge in [-0.25, -0.2) is 8.42 Å². The molecule has 7 nitrogen and oxygen atoms in total. The molecule has 0 spiro atoms. The van der Waals surface area contributed by atoms with Crippen LogP contribution in [-0.2, 0) is 14.8 Å². The van der Waals surface area contributed by atoms with E-state index in [0.717, 1.165) is 5.75 Å². The molecule has 0 atom stereocenters. The molecule has 1 aliphatic heterocycles. The summed E-state index contributed by atoms with van der Waals surface area (Å²) in [7, 11) is -3.32. The number of nitrogens with zero attached hydrogens (tertiary/aromatic N) is 1. The van der Waals surface area contributed by atoms with E-state index < -0.39 is 10.0 Å². The Hall–Kier alpha value is -1.74. The predicted octanol–water partition coefficient (Wildman–Crippen LogP) is 2.34. The van der Waals surface area contributed by atoms with Crippen LogP contribution in [0.3, 0.4) is 0 Å². The molecular weight excluding hydrogens is 350 g/mol. The quantitative estimate of drug-likeness (QED) is 0.731. The zero-order chi connectivity index (χ0) is 17.6. The van der Waals surface area contributed by atoms with Gasteiger partial charge in [-0.05, 0) is 30.7 Å². The van der Waals surface area contributed by atoms with Crippen molar-refractivity contribution in [2.24, 2.45) is 0 Å². The van der Waals surface area contributed by atoms with Crippen LogP contribution in [0.25, 0.3) is 0 Å². The number of carbonyl (C=O) groups is 2. The van der Waals surface area contributed by atoms with Crippen molar-refractivity contribution in [3.8, 4) is 0 Å². The second-order valence-corrected chi connectivity index (χ2v) is 8.29. The second kappa shape index (κ2) is 8.39. The highest BCUT2D eigenvalue weighted by Crippen LogP contribution is 2.18. The Bertz CT molecular complexity index is 689. The van der Waals surface area contributed by atoms with E-state index >= 15 is 0 Å². The van der Waals surface area contributed by atoms with Crippen LogP contribution in [0.1, 0.15) is 19.8 Å². The molecule has 0 aliphatic carbocycles. The lowest BCUT2D eigenvalue weighted by atomic mass is 10.2. The van der Waals surface area contributed by atoms with Crippen LogP contribution in [0.15, 0.2) is 24.3 Å². The number of amides is 2.